The summed E-state index contributed by atoms with van der Waals surface area (Å²) in [7, 11) is 0. The maximum absolute atomic E-state index is 3.74. The molecule has 13 heavy (non-hydrogen) atoms. The van der Waals surface area contributed by atoms with E-state index in [4.69, 9.17) is 0 Å². The molecule has 0 saturated heterocycles. The van der Waals surface area contributed by atoms with Gasteiger partial charge >= 0.3 is 0 Å². The monoisotopic (exact) mass is 169 g/mol. The summed E-state index contributed by atoms with van der Waals surface area (Å²) in [6, 6.07) is 12.3. The van der Waals surface area contributed by atoms with Gasteiger partial charge in [-0.05, 0) is 29.8 Å². The molecule has 2 aromatic rings. The van der Waals surface area contributed by atoms with Crippen LogP contribution >= 0.6 is 0 Å². The van der Waals surface area contributed by atoms with E-state index in [2.05, 4.69) is 23.3 Å². The van der Waals surface area contributed by atoms with Crippen LogP contribution in [0.5, 0.6) is 0 Å². The molecule has 0 aliphatic rings. The van der Waals surface area contributed by atoms with Crippen molar-refractivity contribution in [2.24, 2.45) is 0 Å². The van der Waals surface area contributed by atoms with Crippen LogP contribution in [0, 0.1) is 0 Å². The minimum absolute atomic E-state index is 1.14. The molecule has 1 nitrogen and oxygen atoms in total. The van der Waals surface area contributed by atoms with Gasteiger partial charge in [0, 0.05) is 18.1 Å². The maximum Gasteiger partial charge on any atom is 0.0455 e. The second kappa shape index (κ2) is 3.31. The average Bonchev–Trinajstić information content (AvgIpc) is 2.71. The standard InChI is InChI=1S/C12H11N/c1-2-11-6-5-7-12(10-11)13-8-3-4-9-13/h2-10H,1H2. The number of hydrogen-bond acceptors (Lipinski definition) is 0. The van der Waals surface area contributed by atoms with Crippen molar-refractivity contribution in [3.8, 4) is 5.69 Å². The molecule has 0 bridgehead atoms. The second-order valence-electron chi connectivity index (χ2n) is 2.89. The number of aromatic nitrogens is 1. The highest BCUT2D eigenvalue weighted by Gasteiger charge is 1.93. The molecule has 0 radical (unpaired) electrons. The first kappa shape index (κ1) is 7.87. The summed E-state index contributed by atoms with van der Waals surface area (Å²) in [6.07, 6.45) is 5.91. The molecule has 0 saturated carbocycles. The Kier molecular flexibility index (Phi) is 2.01. The minimum atomic E-state index is 1.14. The molecule has 1 heteroatoms. The summed E-state index contributed by atoms with van der Waals surface area (Å²) in [5.74, 6) is 0. The molecule has 1 aromatic heterocycles. The molecule has 0 unspecified atom stereocenters. The zero-order valence-electron chi connectivity index (χ0n) is 7.35. The van der Waals surface area contributed by atoms with Crippen molar-refractivity contribution in [3.05, 3.63) is 60.9 Å². The molecule has 2 rings (SSSR count). The Bertz CT molecular complexity index is 399. The smallest absolute Gasteiger partial charge is 0.0455 e. The fraction of sp³-hybridized carbons (Fsp3) is 0. The summed E-state index contributed by atoms with van der Waals surface area (Å²) in [4.78, 5) is 0. The zero-order chi connectivity index (χ0) is 9.10. The van der Waals surface area contributed by atoms with Crippen molar-refractivity contribution >= 4 is 6.08 Å². The Labute approximate surface area is 77.9 Å². The molecular formula is C12H11N. The summed E-state index contributed by atoms with van der Waals surface area (Å²) in [5, 5.41) is 0. The number of hydrogen-bond donors (Lipinski definition) is 0. The Hall–Kier alpha value is -1.76. The van der Waals surface area contributed by atoms with Crippen LogP contribution in [-0.2, 0) is 0 Å². The van der Waals surface area contributed by atoms with Crippen LogP contribution in [0.4, 0.5) is 0 Å². The van der Waals surface area contributed by atoms with Gasteiger partial charge in [0.15, 0.2) is 0 Å². The van der Waals surface area contributed by atoms with Gasteiger partial charge in [0.1, 0.15) is 0 Å². The van der Waals surface area contributed by atoms with Crippen molar-refractivity contribution in [1.29, 1.82) is 0 Å². The van der Waals surface area contributed by atoms with Crippen molar-refractivity contribution in [2.75, 3.05) is 0 Å². The summed E-state index contributed by atoms with van der Waals surface area (Å²) < 4.78 is 2.08. The molecule has 0 spiro atoms. The highest BCUT2D eigenvalue weighted by molar-refractivity contribution is 5.51. The van der Waals surface area contributed by atoms with Gasteiger partial charge in [0.2, 0.25) is 0 Å². The first-order chi connectivity index (χ1) is 6.40. The van der Waals surface area contributed by atoms with E-state index in [0.717, 1.165) is 5.56 Å². The first-order valence-corrected chi connectivity index (χ1v) is 4.26. The topological polar surface area (TPSA) is 4.93 Å². The number of benzene rings is 1. The molecule has 0 aliphatic heterocycles. The fourth-order valence-corrected chi connectivity index (χ4v) is 1.32. The molecule has 0 atom stereocenters. The Morgan fingerprint density at radius 1 is 1.08 bits per heavy atom. The van der Waals surface area contributed by atoms with Gasteiger partial charge in [-0.25, -0.2) is 0 Å². The first-order valence-electron chi connectivity index (χ1n) is 4.26. The van der Waals surface area contributed by atoms with Gasteiger partial charge in [-0.1, -0.05) is 24.8 Å². The fourth-order valence-electron chi connectivity index (χ4n) is 1.32. The summed E-state index contributed by atoms with van der Waals surface area (Å²) in [5.41, 5.74) is 2.31. The predicted octanol–water partition coefficient (Wildman–Crippen LogP) is 3.12. The van der Waals surface area contributed by atoms with E-state index in [0.29, 0.717) is 0 Å². The summed E-state index contributed by atoms with van der Waals surface area (Å²) >= 11 is 0. The Morgan fingerprint density at radius 3 is 2.54 bits per heavy atom. The molecular weight excluding hydrogens is 158 g/mol. The molecule has 0 fully saturated rings. The van der Waals surface area contributed by atoms with Crippen LogP contribution in [0.15, 0.2) is 55.4 Å². The van der Waals surface area contributed by atoms with Crippen molar-refractivity contribution in [2.45, 2.75) is 0 Å². The highest BCUT2D eigenvalue weighted by Crippen LogP contribution is 2.11. The lowest BCUT2D eigenvalue weighted by atomic mass is 10.2. The van der Waals surface area contributed by atoms with Gasteiger partial charge in [-0.2, -0.15) is 0 Å². The van der Waals surface area contributed by atoms with Crippen molar-refractivity contribution < 1.29 is 0 Å². The van der Waals surface area contributed by atoms with Crippen LogP contribution in [0.25, 0.3) is 11.8 Å². The van der Waals surface area contributed by atoms with E-state index in [1.54, 1.807) is 0 Å². The SMILES string of the molecule is C=Cc1cccc(-n2cccc2)c1. The quantitative estimate of drug-likeness (QED) is 0.651. The lowest BCUT2D eigenvalue weighted by molar-refractivity contribution is 1.08. The normalized spacial score (nSPS) is 9.85. The zero-order valence-corrected chi connectivity index (χ0v) is 7.35. The van der Waals surface area contributed by atoms with E-state index < -0.39 is 0 Å². The number of nitrogens with zero attached hydrogens (tertiary/aromatic N) is 1. The van der Waals surface area contributed by atoms with Crippen LogP contribution in [0.1, 0.15) is 5.56 Å². The molecule has 0 amide bonds. The van der Waals surface area contributed by atoms with Gasteiger partial charge in [0.05, 0.1) is 0 Å². The van der Waals surface area contributed by atoms with Crippen molar-refractivity contribution in [1.82, 2.24) is 4.57 Å². The van der Waals surface area contributed by atoms with Crippen molar-refractivity contribution in [3.63, 3.8) is 0 Å². The second-order valence-corrected chi connectivity index (χ2v) is 2.89. The maximum atomic E-state index is 3.74. The van der Waals surface area contributed by atoms with E-state index >= 15 is 0 Å². The third-order valence-electron chi connectivity index (χ3n) is 2.01. The van der Waals surface area contributed by atoms with Crippen LogP contribution in [0.2, 0.25) is 0 Å². The van der Waals surface area contributed by atoms with E-state index in [1.807, 2.05) is 42.7 Å². The third kappa shape index (κ3) is 1.54. The van der Waals surface area contributed by atoms with Gasteiger partial charge in [-0.15, -0.1) is 0 Å². The third-order valence-corrected chi connectivity index (χ3v) is 2.01. The molecule has 0 N–H and O–H groups in total. The highest BCUT2D eigenvalue weighted by atomic mass is 14.9. The van der Waals surface area contributed by atoms with Crippen LogP contribution < -0.4 is 0 Å². The van der Waals surface area contributed by atoms with E-state index in [-0.39, 0.29) is 0 Å². The summed E-state index contributed by atoms with van der Waals surface area (Å²) in [6.45, 7) is 3.74. The lowest BCUT2D eigenvalue weighted by Crippen LogP contribution is -1.88. The van der Waals surface area contributed by atoms with Crippen LogP contribution in [0.3, 0.4) is 0 Å². The largest absolute Gasteiger partial charge is 0.324 e. The van der Waals surface area contributed by atoms with E-state index in [1.165, 1.54) is 5.69 Å². The van der Waals surface area contributed by atoms with Gasteiger partial charge in [0.25, 0.3) is 0 Å². The lowest BCUT2D eigenvalue weighted by Gasteiger charge is -2.02. The molecule has 1 heterocycles. The van der Waals surface area contributed by atoms with Gasteiger partial charge in [-0.3, -0.25) is 0 Å². The van der Waals surface area contributed by atoms with E-state index in [9.17, 15) is 0 Å². The molecule has 64 valence electrons. The Balaban J connectivity index is 2.47. The molecule has 1 aromatic carbocycles. The number of rotatable bonds is 2. The average molecular weight is 169 g/mol. The minimum Gasteiger partial charge on any atom is -0.324 e. The Morgan fingerprint density at radius 2 is 1.85 bits per heavy atom. The van der Waals surface area contributed by atoms with Gasteiger partial charge < -0.3 is 4.57 Å². The predicted molar refractivity (Wildman–Crippen MR) is 55.9 cm³/mol. The molecule has 0 aliphatic carbocycles. The van der Waals surface area contributed by atoms with Crippen LogP contribution in [-0.4, -0.2) is 4.57 Å².